The number of hydrogen-bond acceptors (Lipinski definition) is 4. The van der Waals surface area contributed by atoms with Gasteiger partial charge in [0.2, 0.25) is 0 Å². The van der Waals surface area contributed by atoms with Gasteiger partial charge in [0, 0.05) is 6.54 Å². The number of nitrogens with zero attached hydrogens (tertiary/aromatic N) is 1. The van der Waals surface area contributed by atoms with Crippen molar-refractivity contribution in [2.24, 2.45) is 0 Å². The maximum atomic E-state index is 13.7. The summed E-state index contributed by atoms with van der Waals surface area (Å²) in [7, 11) is 0. The number of rotatable bonds is 2. The van der Waals surface area contributed by atoms with Crippen LogP contribution in [0.5, 0.6) is 0 Å². The average molecular weight is 295 g/mol. The van der Waals surface area contributed by atoms with Crippen LogP contribution in [-0.2, 0) is 4.74 Å². The van der Waals surface area contributed by atoms with E-state index in [4.69, 9.17) is 9.84 Å². The highest BCUT2D eigenvalue weighted by Gasteiger charge is 2.46. The molecule has 1 rings (SSSR count). The Balaban J connectivity index is 2.49. The summed E-state index contributed by atoms with van der Waals surface area (Å²) >= 11 is 0. The minimum Gasteiger partial charge on any atom is -0.465 e. The Morgan fingerprint density at radius 2 is 2.00 bits per heavy atom. The summed E-state index contributed by atoms with van der Waals surface area (Å²) in [6.45, 7) is 4.00. The smallest absolute Gasteiger partial charge is 0.422 e. The van der Waals surface area contributed by atoms with Gasteiger partial charge in [-0.15, -0.1) is 0 Å². The molecule has 0 aromatic heterocycles. The number of ether oxygens (including phenoxy) is 1. The maximum absolute atomic E-state index is 13.7. The van der Waals surface area contributed by atoms with E-state index < -0.39 is 36.3 Å². The molecule has 1 fully saturated rings. The van der Waals surface area contributed by atoms with Crippen molar-refractivity contribution in [1.29, 1.82) is 0 Å². The van der Waals surface area contributed by atoms with Gasteiger partial charge in [0.1, 0.15) is 5.60 Å². The molecule has 116 valence electrons. The van der Waals surface area contributed by atoms with Crippen LogP contribution in [0.1, 0.15) is 27.2 Å². The van der Waals surface area contributed by atoms with Gasteiger partial charge < -0.3 is 14.7 Å². The Labute approximate surface area is 115 Å². The number of carbonyl (C=O) groups is 2. The number of carbonyl (C=O) groups excluding carboxylic acids is 1. The predicted molar refractivity (Wildman–Crippen MR) is 65.5 cm³/mol. The van der Waals surface area contributed by atoms with Gasteiger partial charge in [0.25, 0.3) is 5.92 Å². The zero-order valence-corrected chi connectivity index (χ0v) is 11.6. The summed E-state index contributed by atoms with van der Waals surface area (Å²) in [6, 6.07) is -1.34. The second kappa shape index (κ2) is 5.78. The number of likely N-dealkylation sites (tertiary alicyclic amines) is 1. The van der Waals surface area contributed by atoms with Crippen molar-refractivity contribution in [3.63, 3.8) is 0 Å². The first-order valence-corrected chi connectivity index (χ1v) is 6.11. The first-order chi connectivity index (χ1) is 9.01. The minimum atomic E-state index is -3.27. The molecule has 0 aromatic carbocycles. The topological polar surface area (TPSA) is 90.9 Å². The monoisotopic (exact) mass is 295 g/mol. The lowest BCUT2D eigenvalue weighted by Crippen LogP contribution is -2.61. The molecule has 7 nitrogen and oxygen atoms in total. The fourth-order valence-electron chi connectivity index (χ4n) is 1.73. The quantitative estimate of drug-likeness (QED) is 0.670. The summed E-state index contributed by atoms with van der Waals surface area (Å²) in [5, 5.41) is 8.68. The van der Waals surface area contributed by atoms with Crippen LogP contribution in [0.4, 0.5) is 18.4 Å². The van der Waals surface area contributed by atoms with E-state index in [9.17, 15) is 18.4 Å². The standard InChI is InChI=1S/C11H19F2N3O4/c1-10(2,3)20-8(17)15-14-7-4-5-16(9(18)19)6-11(7,12)13/h7,14H,4-6H2,1-3H3,(H,15,17)(H,18,19). The van der Waals surface area contributed by atoms with E-state index in [2.05, 4.69) is 10.9 Å². The summed E-state index contributed by atoms with van der Waals surface area (Å²) < 4.78 is 32.3. The number of carboxylic acid groups (broad SMARTS) is 1. The summed E-state index contributed by atoms with van der Waals surface area (Å²) in [6.07, 6.45) is -2.37. The highest BCUT2D eigenvalue weighted by Crippen LogP contribution is 2.27. The highest BCUT2D eigenvalue weighted by atomic mass is 19.3. The maximum Gasteiger partial charge on any atom is 0.422 e. The van der Waals surface area contributed by atoms with Crippen molar-refractivity contribution in [2.75, 3.05) is 13.1 Å². The highest BCUT2D eigenvalue weighted by molar-refractivity contribution is 5.67. The van der Waals surface area contributed by atoms with Crippen LogP contribution in [-0.4, -0.2) is 52.8 Å². The molecule has 20 heavy (non-hydrogen) atoms. The molecule has 1 aliphatic rings. The van der Waals surface area contributed by atoms with E-state index in [0.29, 0.717) is 4.90 Å². The Morgan fingerprint density at radius 3 is 2.45 bits per heavy atom. The predicted octanol–water partition coefficient (Wildman–Crippen LogP) is 1.40. The van der Waals surface area contributed by atoms with Gasteiger partial charge in [-0.25, -0.2) is 23.8 Å². The molecule has 2 amide bonds. The molecule has 0 radical (unpaired) electrons. The van der Waals surface area contributed by atoms with Crippen LogP contribution in [0.25, 0.3) is 0 Å². The van der Waals surface area contributed by atoms with Crippen molar-refractivity contribution in [3.05, 3.63) is 0 Å². The number of halogens is 2. The molecule has 3 N–H and O–H groups in total. The van der Waals surface area contributed by atoms with Crippen LogP contribution >= 0.6 is 0 Å². The summed E-state index contributed by atoms with van der Waals surface area (Å²) in [4.78, 5) is 22.6. The third-order valence-electron chi connectivity index (χ3n) is 2.62. The molecule has 1 saturated heterocycles. The van der Waals surface area contributed by atoms with E-state index >= 15 is 0 Å². The van der Waals surface area contributed by atoms with Crippen molar-refractivity contribution in [3.8, 4) is 0 Å². The number of hydrogen-bond donors (Lipinski definition) is 3. The minimum absolute atomic E-state index is 0.0292. The fraction of sp³-hybridized carbons (Fsp3) is 0.818. The third-order valence-corrected chi connectivity index (χ3v) is 2.62. The van der Waals surface area contributed by atoms with Gasteiger partial charge in [0.15, 0.2) is 0 Å². The molecule has 0 bridgehead atoms. The number of hydrazine groups is 1. The lowest BCUT2D eigenvalue weighted by molar-refractivity contribution is -0.0871. The lowest BCUT2D eigenvalue weighted by Gasteiger charge is -2.37. The summed E-state index contributed by atoms with van der Waals surface area (Å²) in [5.41, 5.74) is 3.52. The molecule has 0 spiro atoms. The van der Waals surface area contributed by atoms with E-state index in [-0.39, 0.29) is 13.0 Å². The average Bonchev–Trinajstić information content (AvgIpc) is 2.23. The normalized spacial score (nSPS) is 22.2. The van der Waals surface area contributed by atoms with Gasteiger partial charge in [-0.3, -0.25) is 5.43 Å². The zero-order chi connectivity index (χ0) is 15.6. The Bertz CT molecular complexity index is 384. The van der Waals surface area contributed by atoms with Crippen LogP contribution in [0, 0.1) is 0 Å². The van der Waals surface area contributed by atoms with Crippen molar-refractivity contribution < 1.29 is 28.2 Å². The Kier molecular flexibility index (Phi) is 4.74. The Hall–Kier alpha value is -1.64. The number of nitrogens with one attached hydrogen (secondary N) is 2. The Morgan fingerprint density at radius 1 is 1.40 bits per heavy atom. The van der Waals surface area contributed by atoms with Crippen LogP contribution in [0.3, 0.4) is 0 Å². The van der Waals surface area contributed by atoms with Gasteiger partial charge in [-0.05, 0) is 27.2 Å². The molecule has 1 atom stereocenters. The molecule has 0 aromatic rings. The molecular weight excluding hydrogens is 276 g/mol. The van der Waals surface area contributed by atoms with E-state index in [1.54, 1.807) is 20.8 Å². The van der Waals surface area contributed by atoms with E-state index in [1.165, 1.54) is 0 Å². The number of alkyl halides is 2. The second-order valence-electron chi connectivity index (χ2n) is 5.58. The van der Waals surface area contributed by atoms with E-state index in [1.807, 2.05) is 0 Å². The van der Waals surface area contributed by atoms with Crippen molar-refractivity contribution >= 4 is 12.2 Å². The zero-order valence-electron chi connectivity index (χ0n) is 11.6. The molecule has 0 aliphatic carbocycles. The third kappa shape index (κ3) is 4.80. The first kappa shape index (κ1) is 16.4. The molecular formula is C11H19F2N3O4. The molecule has 1 heterocycles. The van der Waals surface area contributed by atoms with Gasteiger partial charge in [0.05, 0.1) is 12.6 Å². The molecule has 9 heteroatoms. The SMILES string of the molecule is CC(C)(C)OC(=O)NNC1CCN(C(=O)O)CC1(F)F. The molecule has 1 aliphatic heterocycles. The van der Waals surface area contributed by atoms with Crippen LogP contribution in [0.2, 0.25) is 0 Å². The van der Waals surface area contributed by atoms with Gasteiger partial charge in [-0.2, -0.15) is 0 Å². The van der Waals surface area contributed by atoms with E-state index in [0.717, 1.165) is 0 Å². The van der Waals surface area contributed by atoms with Crippen molar-refractivity contribution in [1.82, 2.24) is 15.8 Å². The number of piperidine rings is 1. The largest absolute Gasteiger partial charge is 0.465 e. The fourth-order valence-corrected chi connectivity index (χ4v) is 1.73. The van der Waals surface area contributed by atoms with Gasteiger partial charge in [-0.1, -0.05) is 0 Å². The van der Waals surface area contributed by atoms with Crippen LogP contribution < -0.4 is 10.9 Å². The molecule has 0 saturated carbocycles. The van der Waals surface area contributed by atoms with Gasteiger partial charge >= 0.3 is 12.2 Å². The van der Waals surface area contributed by atoms with Crippen molar-refractivity contribution in [2.45, 2.75) is 44.8 Å². The first-order valence-electron chi connectivity index (χ1n) is 6.11. The lowest BCUT2D eigenvalue weighted by atomic mass is 10.0. The summed E-state index contributed by atoms with van der Waals surface area (Å²) in [5.74, 6) is -3.27. The molecule has 1 unspecified atom stereocenters. The number of amides is 2. The van der Waals surface area contributed by atoms with Crippen LogP contribution in [0.15, 0.2) is 0 Å². The second-order valence-corrected chi connectivity index (χ2v) is 5.58.